The monoisotopic (exact) mass is 579 g/mol. The number of nitrogens with one attached hydrogen (secondary N) is 2. The third-order valence-electron chi connectivity index (χ3n) is 5.21. The van der Waals surface area contributed by atoms with Gasteiger partial charge in [0.25, 0.3) is 5.56 Å². The lowest BCUT2D eigenvalue weighted by Gasteiger charge is -2.25. The molecule has 0 saturated carbocycles. The molecule has 1 aliphatic rings. The predicted molar refractivity (Wildman–Crippen MR) is 135 cm³/mol. The second kappa shape index (κ2) is 11.7. The molecule has 15 heteroatoms. The number of carbonyl (C=O) groups excluding carboxylic acids is 1. The predicted octanol–water partition coefficient (Wildman–Crippen LogP) is 2.41. The first kappa shape index (κ1) is 29.4. The molecule has 12 nitrogen and oxygen atoms in total. The van der Waals surface area contributed by atoms with E-state index in [0.717, 1.165) is 4.57 Å². The van der Waals surface area contributed by atoms with Crippen LogP contribution in [-0.2, 0) is 23.4 Å². The molecule has 0 radical (unpaired) electrons. The van der Waals surface area contributed by atoms with Gasteiger partial charge in [-0.15, -0.1) is 0 Å². The Kier molecular flexibility index (Phi) is 9.28. The third kappa shape index (κ3) is 7.02. The van der Waals surface area contributed by atoms with Crippen molar-refractivity contribution in [3.05, 3.63) is 62.9 Å². The number of para-hydroxylation sites is 1. The van der Waals surface area contributed by atoms with Crippen LogP contribution in [0.4, 0.5) is 0 Å². The van der Waals surface area contributed by atoms with E-state index in [1.807, 2.05) is 0 Å². The van der Waals surface area contributed by atoms with Crippen molar-refractivity contribution < 1.29 is 33.0 Å². The van der Waals surface area contributed by atoms with E-state index in [4.69, 9.17) is 41.7 Å². The minimum Gasteiger partial charge on any atom is -0.462 e. The fourth-order valence-corrected chi connectivity index (χ4v) is 5.47. The summed E-state index contributed by atoms with van der Waals surface area (Å²) in [5, 5.41) is 13.2. The Labute approximate surface area is 222 Å². The van der Waals surface area contributed by atoms with Gasteiger partial charge in [-0.2, -0.15) is 5.09 Å². The maximum absolute atomic E-state index is 13.6. The van der Waals surface area contributed by atoms with E-state index in [9.17, 15) is 24.1 Å². The van der Waals surface area contributed by atoms with Crippen molar-refractivity contribution in [1.82, 2.24) is 14.6 Å². The first-order valence-corrected chi connectivity index (χ1v) is 13.5. The van der Waals surface area contributed by atoms with Gasteiger partial charge in [-0.1, -0.05) is 41.4 Å². The Morgan fingerprint density at radius 1 is 1.27 bits per heavy atom. The van der Waals surface area contributed by atoms with Crippen molar-refractivity contribution >= 4 is 36.9 Å². The van der Waals surface area contributed by atoms with Crippen LogP contribution in [0.1, 0.15) is 32.6 Å². The van der Waals surface area contributed by atoms with Crippen molar-refractivity contribution in [2.75, 3.05) is 6.61 Å². The fraction of sp³-hybridized carbons (Fsp3) is 0.500. The first-order chi connectivity index (χ1) is 17.2. The zero-order valence-corrected chi connectivity index (χ0v) is 22.8. The van der Waals surface area contributed by atoms with Gasteiger partial charge in [0.15, 0.2) is 10.6 Å². The molecule has 1 saturated heterocycles. The van der Waals surface area contributed by atoms with Gasteiger partial charge in [-0.3, -0.25) is 23.7 Å². The molecule has 0 unspecified atom stereocenters. The summed E-state index contributed by atoms with van der Waals surface area (Å²) < 4.78 is 34.4. The highest BCUT2D eigenvalue weighted by molar-refractivity contribution is 7.52. The highest BCUT2D eigenvalue weighted by Gasteiger charge is 2.56. The molecule has 204 valence electrons. The zero-order chi connectivity index (χ0) is 27.5. The molecular formula is C22H28Cl2N3O9P. The van der Waals surface area contributed by atoms with E-state index in [0.29, 0.717) is 0 Å². The van der Waals surface area contributed by atoms with Gasteiger partial charge in [0.1, 0.15) is 24.0 Å². The number of alkyl halides is 2. The maximum Gasteiger partial charge on any atom is 0.459 e. The normalized spacial score (nSPS) is 23.4. The van der Waals surface area contributed by atoms with Crippen LogP contribution in [-0.4, -0.2) is 55.9 Å². The number of hydrogen-bond acceptors (Lipinski definition) is 9. The van der Waals surface area contributed by atoms with Gasteiger partial charge in [0.2, 0.25) is 0 Å². The molecule has 1 aliphatic heterocycles. The molecule has 0 aliphatic carbocycles. The summed E-state index contributed by atoms with van der Waals surface area (Å²) >= 11 is 12.7. The standard InChI is InChI=1S/C22H28Cl2N3O9P/c1-12(2)34-19(30)14(4)26-37(32,36-15-8-6-5-7-9-15)33-11-16-17(28)22(23,24)20(35-16)27-10-13(3)18(29)25-21(27)31/h5-10,12,14,16-17,20,28H,11H2,1-4H3,(H,26,32)(H,25,29,31)/t14-,16-,17-,20-,37-/m1/s1. The van der Waals surface area contributed by atoms with Gasteiger partial charge in [0, 0.05) is 11.8 Å². The number of benzene rings is 1. The number of aromatic amines is 1. The average Bonchev–Trinajstić information content (AvgIpc) is 3.03. The number of nitrogens with zero attached hydrogens (tertiary/aromatic N) is 1. The Hall–Kier alpha value is -2.18. The van der Waals surface area contributed by atoms with Gasteiger partial charge < -0.3 is 19.1 Å². The van der Waals surface area contributed by atoms with Crippen LogP contribution in [0.5, 0.6) is 5.75 Å². The highest BCUT2D eigenvalue weighted by Crippen LogP contribution is 2.49. The molecule has 3 N–H and O–H groups in total. The van der Waals surface area contributed by atoms with Crippen LogP contribution in [0.3, 0.4) is 0 Å². The summed E-state index contributed by atoms with van der Waals surface area (Å²) in [5.74, 6) is -0.520. The van der Waals surface area contributed by atoms with Crippen LogP contribution in [0.25, 0.3) is 0 Å². The molecule has 2 heterocycles. The number of hydrogen-bond donors (Lipinski definition) is 3. The lowest BCUT2D eigenvalue weighted by molar-refractivity contribution is -0.149. The molecule has 0 bridgehead atoms. The summed E-state index contributed by atoms with van der Waals surface area (Å²) in [6, 6.07) is 6.96. The molecule has 37 heavy (non-hydrogen) atoms. The van der Waals surface area contributed by atoms with E-state index < -0.39 is 66.5 Å². The number of aliphatic hydroxyl groups is 1. The highest BCUT2D eigenvalue weighted by atomic mass is 35.5. The van der Waals surface area contributed by atoms with Crippen LogP contribution >= 0.6 is 30.9 Å². The molecular weight excluding hydrogens is 552 g/mol. The fourth-order valence-electron chi connectivity index (χ4n) is 3.37. The van der Waals surface area contributed by atoms with Crippen LogP contribution < -0.4 is 20.9 Å². The van der Waals surface area contributed by atoms with E-state index in [-0.39, 0.29) is 11.3 Å². The van der Waals surface area contributed by atoms with Crippen LogP contribution in [0.15, 0.2) is 46.1 Å². The summed E-state index contributed by atoms with van der Waals surface area (Å²) in [7, 11) is -4.28. The smallest absolute Gasteiger partial charge is 0.459 e. The first-order valence-electron chi connectivity index (χ1n) is 11.2. The largest absolute Gasteiger partial charge is 0.462 e. The Morgan fingerprint density at radius 2 is 1.92 bits per heavy atom. The van der Waals surface area contributed by atoms with Crippen molar-refractivity contribution in [3.63, 3.8) is 0 Å². The quantitative estimate of drug-likeness (QED) is 0.217. The minimum atomic E-state index is -4.28. The molecule has 0 amide bonds. The van der Waals surface area contributed by atoms with Crippen molar-refractivity contribution in [2.24, 2.45) is 0 Å². The second-order valence-corrected chi connectivity index (χ2v) is 11.8. The van der Waals surface area contributed by atoms with Crippen LogP contribution in [0.2, 0.25) is 0 Å². The number of H-pyrrole nitrogens is 1. The summed E-state index contributed by atoms with van der Waals surface area (Å²) in [6.45, 7) is 5.63. The Bertz CT molecular complexity index is 1270. The zero-order valence-electron chi connectivity index (χ0n) is 20.4. The van der Waals surface area contributed by atoms with Crippen molar-refractivity contribution in [3.8, 4) is 5.75 Å². The summed E-state index contributed by atoms with van der Waals surface area (Å²) in [6.07, 6.45) is -3.55. The Balaban J connectivity index is 1.82. The summed E-state index contributed by atoms with van der Waals surface area (Å²) in [4.78, 5) is 38.5. The molecule has 1 aromatic carbocycles. The number of carbonyl (C=O) groups is 1. The minimum absolute atomic E-state index is 0.174. The Morgan fingerprint density at radius 3 is 2.54 bits per heavy atom. The lowest BCUT2D eigenvalue weighted by atomic mass is 10.1. The number of halogens is 2. The molecule has 3 rings (SSSR count). The lowest BCUT2D eigenvalue weighted by Crippen LogP contribution is -2.42. The number of ether oxygens (including phenoxy) is 2. The van der Waals surface area contributed by atoms with E-state index in [1.54, 1.807) is 32.0 Å². The molecule has 1 aromatic heterocycles. The van der Waals surface area contributed by atoms with E-state index in [2.05, 4.69) is 10.1 Å². The van der Waals surface area contributed by atoms with E-state index >= 15 is 0 Å². The van der Waals surface area contributed by atoms with Gasteiger partial charge in [-0.05, 0) is 39.8 Å². The molecule has 0 spiro atoms. The van der Waals surface area contributed by atoms with Gasteiger partial charge >= 0.3 is 19.4 Å². The van der Waals surface area contributed by atoms with E-state index in [1.165, 1.54) is 32.2 Å². The summed E-state index contributed by atoms with van der Waals surface area (Å²) in [5.41, 5.74) is -1.30. The molecule has 5 atom stereocenters. The molecule has 2 aromatic rings. The number of aryl methyl sites for hydroxylation is 1. The second-order valence-electron chi connectivity index (χ2n) is 8.66. The number of rotatable bonds is 10. The van der Waals surface area contributed by atoms with Gasteiger partial charge in [0.05, 0.1) is 12.7 Å². The van der Waals surface area contributed by atoms with Gasteiger partial charge in [-0.25, -0.2) is 9.36 Å². The number of aliphatic hydroxyl groups excluding tert-OH is 1. The topological polar surface area (TPSA) is 158 Å². The third-order valence-corrected chi connectivity index (χ3v) is 7.68. The maximum atomic E-state index is 13.6. The average molecular weight is 580 g/mol. The van der Waals surface area contributed by atoms with Crippen molar-refractivity contribution in [2.45, 2.75) is 62.6 Å². The van der Waals surface area contributed by atoms with Crippen molar-refractivity contribution in [1.29, 1.82) is 0 Å². The number of esters is 1. The molecule has 1 fully saturated rings. The SMILES string of the molecule is Cc1cn([C@@H]2O[C@H](CO[P@](=O)(N[C@H](C)C(=O)OC(C)C)Oc3ccccc3)[C@@H](O)C2(Cl)Cl)c(=O)[nH]c1=O. The number of aromatic nitrogens is 2. The van der Waals surface area contributed by atoms with Crippen LogP contribution in [0, 0.1) is 6.92 Å².